The minimum Gasteiger partial charge on any atom is -0.456 e. The summed E-state index contributed by atoms with van der Waals surface area (Å²) in [5.74, 6) is 0. The first kappa shape index (κ1) is 27.8. The van der Waals surface area contributed by atoms with Gasteiger partial charge in [-0.15, -0.1) is 22.7 Å². The highest BCUT2D eigenvalue weighted by atomic mass is 32.1. The molecular formula is C48H26OS2. The van der Waals surface area contributed by atoms with Crippen molar-refractivity contribution in [2.75, 3.05) is 0 Å². The van der Waals surface area contributed by atoms with Gasteiger partial charge in [-0.1, -0.05) is 121 Å². The smallest absolute Gasteiger partial charge is 0.135 e. The number of benzene rings is 9. The topological polar surface area (TPSA) is 13.1 Å². The van der Waals surface area contributed by atoms with Crippen LogP contribution in [0.4, 0.5) is 0 Å². The number of hydrogen-bond acceptors (Lipinski definition) is 3. The molecule has 0 atom stereocenters. The molecule has 12 aromatic rings. The fourth-order valence-corrected chi connectivity index (χ4v) is 11.1. The molecule has 3 heteroatoms. The average molecular weight is 683 g/mol. The van der Waals surface area contributed by atoms with Gasteiger partial charge in [0, 0.05) is 61.9 Å². The van der Waals surface area contributed by atoms with E-state index in [-0.39, 0.29) is 0 Å². The van der Waals surface area contributed by atoms with E-state index in [1.54, 1.807) is 0 Å². The minimum atomic E-state index is 0.919. The lowest BCUT2D eigenvalue weighted by Crippen LogP contribution is -1.90. The molecule has 236 valence electrons. The van der Waals surface area contributed by atoms with Crippen LogP contribution in [0.3, 0.4) is 0 Å². The molecular weight excluding hydrogens is 657 g/mol. The van der Waals surface area contributed by atoms with Crippen LogP contribution in [-0.2, 0) is 0 Å². The van der Waals surface area contributed by atoms with Crippen LogP contribution in [0.2, 0.25) is 0 Å². The molecule has 0 aliphatic carbocycles. The Hall–Kier alpha value is -6.00. The van der Waals surface area contributed by atoms with E-state index in [0.717, 1.165) is 21.9 Å². The molecule has 0 fully saturated rings. The molecule has 9 aromatic carbocycles. The summed E-state index contributed by atoms with van der Waals surface area (Å²) in [7, 11) is 0. The zero-order chi connectivity index (χ0) is 33.2. The molecule has 3 aromatic heterocycles. The monoisotopic (exact) mass is 682 g/mol. The summed E-state index contributed by atoms with van der Waals surface area (Å²) < 4.78 is 11.6. The lowest BCUT2D eigenvalue weighted by Gasteiger charge is -2.18. The maximum Gasteiger partial charge on any atom is 0.135 e. The van der Waals surface area contributed by atoms with Crippen molar-refractivity contribution in [3.8, 4) is 22.3 Å². The fraction of sp³-hybridized carbons (Fsp3) is 0. The van der Waals surface area contributed by atoms with E-state index < -0.39 is 0 Å². The summed E-state index contributed by atoms with van der Waals surface area (Å²) in [6, 6.07) is 58.2. The molecule has 0 unspecified atom stereocenters. The van der Waals surface area contributed by atoms with E-state index in [1.807, 2.05) is 28.7 Å². The molecule has 51 heavy (non-hydrogen) atoms. The molecule has 3 heterocycles. The molecule has 1 nitrogen and oxygen atoms in total. The van der Waals surface area contributed by atoms with Gasteiger partial charge in [0.15, 0.2) is 0 Å². The highest BCUT2D eigenvalue weighted by Crippen LogP contribution is 2.48. The molecule has 0 aliphatic heterocycles. The van der Waals surface area contributed by atoms with Crippen molar-refractivity contribution in [1.82, 2.24) is 0 Å². The first-order valence-electron chi connectivity index (χ1n) is 17.3. The Morgan fingerprint density at radius 1 is 0.294 bits per heavy atom. The van der Waals surface area contributed by atoms with Crippen LogP contribution >= 0.6 is 22.7 Å². The SMILES string of the molecule is c1ccc2c(c1)oc1ccc(-c3c4ccccc4c(-c4ccc5sc6c(ccc7c6ccc6c8ccccc8sc67)c5c4)c4ccccc34)cc12. The number of furan rings is 1. The van der Waals surface area contributed by atoms with Crippen LogP contribution in [0.15, 0.2) is 162 Å². The van der Waals surface area contributed by atoms with Crippen molar-refractivity contribution in [3.05, 3.63) is 158 Å². The summed E-state index contributed by atoms with van der Waals surface area (Å²) >= 11 is 3.83. The second-order valence-corrected chi connectivity index (χ2v) is 15.6. The highest BCUT2D eigenvalue weighted by Gasteiger charge is 2.19. The van der Waals surface area contributed by atoms with E-state index in [4.69, 9.17) is 4.42 Å². The molecule has 0 saturated heterocycles. The van der Waals surface area contributed by atoms with Gasteiger partial charge in [-0.05, 0) is 80.2 Å². The molecule has 0 saturated carbocycles. The molecule has 12 rings (SSSR count). The first-order chi connectivity index (χ1) is 25.3. The van der Waals surface area contributed by atoms with Crippen molar-refractivity contribution in [3.63, 3.8) is 0 Å². The third kappa shape index (κ3) is 3.85. The number of rotatable bonds is 2. The maximum absolute atomic E-state index is 6.21. The standard InChI is InChI=1S/C48H26OS2/c1-3-13-33-31(11-1)45(27-17-23-42-39(25-27)29-9-5-7-15-41(29)49-42)32-12-2-4-14-34(32)46(33)28-18-24-44-40(26-28)38-22-21-36-37(48(38)51-44)20-19-35-30-10-6-8-16-43(30)50-47(35)36/h1-26H. The lowest BCUT2D eigenvalue weighted by molar-refractivity contribution is 0.669. The zero-order valence-corrected chi connectivity index (χ0v) is 28.9. The Morgan fingerprint density at radius 3 is 1.35 bits per heavy atom. The van der Waals surface area contributed by atoms with Crippen LogP contribution in [0.1, 0.15) is 0 Å². The van der Waals surface area contributed by atoms with Crippen molar-refractivity contribution < 1.29 is 4.42 Å². The second kappa shape index (κ2) is 10.3. The van der Waals surface area contributed by atoms with E-state index in [0.29, 0.717) is 0 Å². The highest BCUT2D eigenvalue weighted by molar-refractivity contribution is 7.28. The predicted octanol–water partition coefficient (Wildman–Crippen LogP) is 15.1. The third-order valence-electron chi connectivity index (χ3n) is 10.9. The van der Waals surface area contributed by atoms with E-state index in [2.05, 4.69) is 152 Å². The molecule has 0 radical (unpaired) electrons. The predicted molar refractivity (Wildman–Crippen MR) is 223 cm³/mol. The van der Waals surface area contributed by atoms with Gasteiger partial charge in [-0.25, -0.2) is 0 Å². The number of para-hydroxylation sites is 1. The van der Waals surface area contributed by atoms with Gasteiger partial charge >= 0.3 is 0 Å². The Labute approximate surface area is 300 Å². The van der Waals surface area contributed by atoms with Crippen LogP contribution in [0.25, 0.3) is 117 Å². The lowest BCUT2D eigenvalue weighted by atomic mass is 9.85. The zero-order valence-electron chi connectivity index (χ0n) is 27.2. The van der Waals surface area contributed by atoms with Gasteiger partial charge in [0.05, 0.1) is 0 Å². The van der Waals surface area contributed by atoms with Crippen LogP contribution < -0.4 is 0 Å². The van der Waals surface area contributed by atoms with E-state index >= 15 is 0 Å². The third-order valence-corrected chi connectivity index (χ3v) is 13.3. The fourth-order valence-electron chi connectivity index (χ4n) is 8.61. The van der Waals surface area contributed by atoms with Crippen LogP contribution in [0, 0.1) is 0 Å². The quantitative estimate of drug-likeness (QED) is 0.165. The summed E-state index contributed by atoms with van der Waals surface area (Å²) in [6.45, 7) is 0. The van der Waals surface area contributed by atoms with Crippen molar-refractivity contribution in [2.45, 2.75) is 0 Å². The van der Waals surface area contributed by atoms with Gasteiger partial charge in [-0.3, -0.25) is 0 Å². The molecule has 0 spiro atoms. The van der Waals surface area contributed by atoms with Gasteiger partial charge in [0.25, 0.3) is 0 Å². The molecule has 0 bridgehead atoms. The van der Waals surface area contributed by atoms with E-state index in [1.165, 1.54) is 94.9 Å². The second-order valence-electron chi connectivity index (χ2n) is 13.5. The first-order valence-corrected chi connectivity index (χ1v) is 19.0. The minimum absolute atomic E-state index is 0.919. The number of hydrogen-bond donors (Lipinski definition) is 0. The largest absolute Gasteiger partial charge is 0.456 e. The summed E-state index contributed by atoms with van der Waals surface area (Å²) in [6.07, 6.45) is 0. The van der Waals surface area contributed by atoms with Crippen molar-refractivity contribution in [1.29, 1.82) is 0 Å². The molecule has 0 N–H and O–H groups in total. The Kier molecular flexibility index (Phi) is 5.59. The molecule has 0 amide bonds. The van der Waals surface area contributed by atoms with Crippen LogP contribution in [-0.4, -0.2) is 0 Å². The summed E-state index contributed by atoms with van der Waals surface area (Å²) in [4.78, 5) is 0. The Morgan fingerprint density at radius 2 is 0.725 bits per heavy atom. The molecule has 0 aliphatic rings. The maximum atomic E-state index is 6.21. The van der Waals surface area contributed by atoms with E-state index in [9.17, 15) is 0 Å². The van der Waals surface area contributed by atoms with Gasteiger partial charge in [-0.2, -0.15) is 0 Å². The van der Waals surface area contributed by atoms with Gasteiger partial charge < -0.3 is 4.42 Å². The Bertz CT molecular complexity index is 3370. The normalized spacial score (nSPS) is 12.3. The summed E-state index contributed by atoms with van der Waals surface area (Å²) in [5, 5.41) is 15.4. The van der Waals surface area contributed by atoms with Crippen LogP contribution in [0.5, 0.6) is 0 Å². The van der Waals surface area contributed by atoms with Gasteiger partial charge in [0.2, 0.25) is 0 Å². The van der Waals surface area contributed by atoms with Crippen molar-refractivity contribution >= 4 is 117 Å². The van der Waals surface area contributed by atoms with Crippen molar-refractivity contribution in [2.24, 2.45) is 0 Å². The number of thiophene rings is 2. The average Bonchev–Trinajstić information content (AvgIpc) is 3.88. The summed E-state index contributed by atoms with van der Waals surface area (Å²) in [5.41, 5.74) is 6.84. The van der Waals surface area contributed by atoms with Gasteiger partial charge in [0.1, 0.15) is 11.2 Å². The number of fused-ring (bicyclic) bond motifs is 14. The Balaban J connectivity index is 1.10.